The lowest BCUT2D eigenvalue weighted by atomic mass is 10.0. The summed E-state index contributed by atoms with van der Waals surface area (Å²) in [4.78, 5) is 9.00. The van der Waals surface area contributed by atoms with Crippen molar-refractivity contribution in [3.63, 3.8) is 0 Å². The van der Waals surface area contributed by atoms with Crippen LogP contribution in [0.15, 0.2) is 22.8 Å². The molecule has 1 aromatic carbocycles. The van der Waals surface area contributed by atoms with Crippen LogP contribution in [0.1, 0.15) is 32.3 Å². The Morgan fingerprint density at radius 3 is 2.65 bits per heavy atom. The first-order chi connectivity index (χ1) is 9.51. The number of hydrogen-bond donors (Lipinski definition) is 2. The molecule has 2 N–H and O–H groups in total. The van der Waals surface area contributed by atoms with Crippen LogP contribution in [-0.2, 0) is 11.2 Å². The molecule has 5 nitrogen and oxygen atoms in total. The first-order valence-corrected chi connectivity index (χ1v) is 6.46. The lowest BCUT2D eigenvalue weighted by molar-refractivity contribution is -0.134. The van der Waals surface area contributed by atoms with Gasteiger partial charge in [0.2, 0.25) is 0 Å². The van der Waals surface area contributed by atoms with E-state index in [1.54, 1.807) is 19.4 Å². The maximum Gasteiger partial charge on any atom is 0.300 e. The number of carboxylic acid groups (broad SMARTS) is 1. The van der Waals surface area contributed by atoms with Gasteiger partial charge in [0, 0.05) is 6.92 Å². The summed E-state index contributed by atoms with van der Waals surface area (Å²) in [6, 6.07) is 3.62. The van der Waals surface area contributed by atoms with E-state index >= 15 is 0 Å². The number of ether oxygens (including phenoxy) is 1. The van der Waals surface area contributed by atoms with Crippen molar-refractivity contribution >= 4 is 16.9 Å². The number of fused-ring (bicyclic) bond motifs is 1. The molecule has 1 aromatic heterocycles. The number of phenolic OH excluding ortho intramolecular Hbond substituents is 1. The van der Waals surface area contributed by atoms with Gasteiger partial charge in [0.25, 0.3) is 5.97 Å². The molecule has 0 aliphatic carbocycles. The van der Waals surface area contributed by atoms with Crippen LogP contribution in [0.4, 0.5) is 0 Å². The van der Waals surface area contributed by atoms with E-state index in [0.717, 1.165) is 37.1 Å². The molecule has 0 aliphatic rings. The molecule has 0 saturated heterocycles. The van der Waals surface area contributed by atoms with Gasteiger partial charge in [0.1, 0.15) is 5.75 Å². The second-order valence-electron chi connectivity index (χ2n) is 4.37. The lowest BCUT2D eigenvalue weighted by Gasteiger charge is -2.08. The predicted molar refractivity (Wildman–Crippen MR) is 76.4 cm³/mol. The number of aromatic hydroxyl groups is 1. The van der Waals surface area contributed by atoms with Crippen molar-refractivity contribution in [1.82, 2.24) is 0 Å². The van der Waals surface area contributed by atoms with Gasteiger partial charge in [0.15, 0.2) is 11.3 Å². The molecule has 0 spiro atoms. The van der Waals surface area contributed by atoms with Crippen molar-refractivity contribution < 1.29 is 24.2 Å². The molecule has 0 amide bonds. The molecular weight excluding hydrogens is 260 g/mol. The third-order valence-electron chi connectivity index (χ3n) is 2.77. The summed E-state index contributed by atoms with van der Waals surface area (Å²) in [6.45, 7) is 3.21. The van der Waals surface area contributed by atoms with Gasteiger partial charge in [-0.05, 0) is 30.5 Å². The van der Waals surface area contributed by atoms with Gasteiger partial charge in [-0.2, -0.15) is 0 Å². The van der Waals surface area contributed by atoms with E-state index in [2.05, 4.69) is 6.92 Å². The van der Waals surface area contributed by atoms with Crippen molar-refractivity contribution in [2.24, 2.45) is 0 Å². The number of aryl methyl sites for hydroxylation is 1. The van der Waals surface area contributed by atoms with Gasteiger partial charge in [-0.25, -0.2) is 0 Å². The summed E-state index contributed by atoms with van der Waals surface area (Å²) in [7, 11) is 1.61. The van der Waals surface area contributed by atoms with Crippen molar-refractivity contribution in [3.05, 3.63) is 24.0 Å². The first kappa shape index (κ1) is 15.9. The number of methoxy groups -OCH3 is 1. The number of hydrogen-bond acceptors (Lipinski definition) is 4. The Balaban J connectivity index is 0.000000444. The molecule has 2 aromatic rings. The average Bonchev–Trinajstić information content (AvgIpc) is 2.87. The van der Waals surface area contributed by atoms with Crippen LogP contribution in [-0.4, -0.2) is 23.3 Å². The number of aliphatic carboxylic acids is 1. The fraction of sp³-hybridized carbons (Fsp3) is 0.400. The van der Waals surface area contributed by atoms with E-state index < -0.39 is 5.97 Å². The highest BCUT2D eigenvalue weighted by molar-refractivity contribution is 5.90. The molecule has 0 radical (unpaired) electrons. The van der Waals surface area contributed by atoms with Crippen LogP contribution in [0.2, 0.25) is 0 Å². The Hall–Kier alpha value is -2.17. The van der Waals surface area contributed by atoms with Gasteiger partial charge < -0.3 is 19.4 Å². The van der Waals surface area contributed by atoms with Gasteiger partial charge >= 0.3 is 0 Å². The van der Waals surface area contributed by atoms with Gasteiger partial charge in [-0.1, -0.05) is 13.3 Å². The number of carboxylic acids is 1. The zero-order valence-electron chi connectivity index (χ0n) is 12.0. The highest BCUT2D eigenvalue weighted by Crippen LogP contribution is 2.37. The van der Waals surface area contributed by atoms with Crippen LogP contribution in [0.25, 0.3) is 11.0 Å². The van der Waals surface area contributed by atoms with Crippen LogP contribution in [0.5, 0.6) is 11.5 Å². The highest BCUT2D eigenvalue weighted by atomic mass is 16.5. The fourth-order valence-electron chi connectivity index (χ4n) is 1.86. The SMILES string of the molecule is CC(=O)O.CCCCc1cc(OC)c2occc2c1O. The molecule has 0 atom stereocenters. The molecule has 20 heavy (non-hydrogen) atoms. The first-order valence-electron chi connectivity index (χ1n) is 6.46. The van der Waals surface area contributed by atoms with Crippen molar-refractivity contribution in [3.8, 4) is 11.5 Å². The van der Waals surface area contributed by atoms with E-state index in [0.29, 0.717) is 17.1 Å². The molecule has 0 fully saturated rings. The molecule has 110 valence electrons. The molecule has 0 unspecified atom stereocenters. The van der Waals surface area contributed by atoms with Crippen LogP contribution in [0, 0.1) is 0 Å². The minimum absolute atomic E-state index is 0.318. The third-order valence-corrected chi connectivity index (χ3v) is 2.77. The summed E-state index contributed by atoms with van der Waals surface area (Å²) >= 11 is 0. The Labute approximate surface area is 117 Å². The number of furan rings is 1. The monoisotopic (exact) mass is 280 g/mol. The minimum Gasteiger partial charge on any atom is -0.507 e. The molecule has 5 heteroatoms. The number of rotatable bonds is 4. The van der Waals surface area contributed by atoms with Crippen LogP contribution in [0.3, 0.4) is 0 Å². The van der Waals surface area contributed by atoms with Crippen molar-refractivity contribution in [2.45, 2.75) is 33.1 Å². The predicted octanol–water partition coefficient (Wildman–Crippen LogP) is 3.58. The second-order valence-corrected chi connectivity index (χ2v) is 4.37. The topological polar surface area (TPSA) is 79.9 Å². The molecule has 2 rings (SSSR count). The van der Waals surface area contributed by atoms with Crippen molar-refractivity contribution in [2.75, 3.05) is 7.11 Å². The standard InChI is InChI=1S/C13H16O3.C2H4O2/c1-3-4-5-9-8-11(15-2)13-10(12(9)14)6-7-16-13;1-2(3)4/h6-8,14H,3-5H2,1-2H3;1H3,(H,3,4). The van der Waals surface area contributed by atoms with Gasteiger partial charge in [-0.3, -0.25) is 4.79 Å². The normalized spacial score (nSPS) is 9.95. The summed E-state index contributed by atoms with van der Waals surface area (Å²) in [5.41, 5.74) is 1.54. The Morgan fingerprint density at radius 1 is 1.45 bits per heavy atom. The molecular formula is C15H20O5. The zero-order chi connectivity index (χ0) is 15.1. The Kier molecular flexibility index (Phi) is 5.90. The van der Waals surface area contributed by atoms with Gasteiger partial charge in [0.05, 0.1) is 18.8 Å². The van der Waals surface area contributed by atoms with Crippen LogP contribution >= 0.6 is 0 Å². The number of phenols is 1. The zero-order valence-corrected chi connectivity index (χ0v) is 12.0. The van der Waals surface area contributed by atoms with Crippen molar-refractivity contribution in [1.29, 1.82) is 0 Å². The largest absolute Gasteiger partial charge is 0.507 e. The fourth-order valence-corrected chi connectivity index (χ4v) is 1.86. The smallest absolute Gasteiger partial charge is 0.300 e. The highest BCUT2D eigenvalue weighted by Gasteiger charge is 2.13. The molecule has 1 heterocycles. The van der Waals surface area contributed by atoms with E-state index in [1.165, 1.54) is 0 Å². The average molecular weight is 280 g/mol. The minimum atomic E-state index is -0.833. The van der Waals surface area contributed by atoms with Crippen LogP contribution < -0.4 is 4.74 Å². The summed E-state index contributed by atoms with van der Waals surface area (Å²) < 4.78 is 10.6. The molecule has 0 aliphatic heterocycles. The molecule has 0 saturated carbocycles. The molecule has 0 bridgehead atoms. The Bertz CT molecular complexity index is 567. The Morgan fingerprint density at radius 2 is 2.10 bits per heavy atom. The maximum absolute atomic E-state index is 10.1. The lowest BCUT2D eigenvalue weighted by Crippen LogP contribution is -1.90. The summed E-state index contributed by atoms with van der Waals surface area (Å²) in [5.74, 6) is 0.168. The number of benzene rings is 1. The van der Waals surface area contributed by atoms with E-state index in [9.17, 15) is 5.11 Å². The summed E-state index contributed by atoms with van der Waals surface area (Å²) in [5, 5.41) is 18.2. The second kappa shape index (κ2) is 7.43. The quantitative estimate of drug-likeness (QED) is 0.894. The van der Waals surface area contributed by atoms with E-state index in [4.69, 9.17) is 19.1 Å². The summed E-state index contributed by atoms with van der Waals surface area (Å²) in [6.07, 6.45) is 4.58. The van der Waals surface area contributed by atoms with E-state index in [-0.39, 0.29) is 0 Å². The van der Waals surface area contributed by atoms with E-state index in [1.807, 2.05) is 6.07 Å². The maximum atomic E-state index is 10.1. The third kappa shape index (κ3) is 3.91. The number of carbonyl (C=O) groups is 1. The number of unbranched alkanes of at least 4 members (excludes halogenated alkanes) is 1. The van der Waals surface area contributed by atoms with Gasteiger partial charge in [-0.15, -0.1) is 0 Å².